The summed E-state index contributed by atoms with van der Waals surface area (Å²) >= 11 is 0. The third kappa shape index (κ3) is 3.32. The molecule has 0 amide bonds. The molecule has 3 nitrogen and oxygen atoms in total. The van der Waals surface area contributed by atoms with Gasteiger partial charge >= 0.3 is 5.97 Å². The van der Waals surface area contributed by atoms with Crippen molar-refractivity contribution in [2.75, 3.05) is 7.11 Å². The first-order valence-corrected chi connectivity index (χ1v) is 6.44. The Bertz CT molecular complexity index is 461. The van der Waals surface area contributed by atoms with Crippen molar-refractivity contribution < 1.29 is 13.9 Å². The number of hydrogen-bond acceptors (Lipinski definition) is 3. The highest BCUT2D eigenvalue weighted by Crippen LogP contribution is 2.33. The first-order valence-electron chi connectivity index (χ1n) is 6.44. The molecule has 2 N–H and O–H groups in total. The number of aryl methyl sites for hydroxylation is 1. The average molecular weight is 267 g/mol. The monoisotopic (exact) mass is 267 g/mol. The Kier molecular flexibility index (Phi) is 5.06. The molecular formula is C15H22FNO2. The molecule has 0 bridgehead atoms. The minimum atomic E-state index is -0.629. The number of benzene rings is 1. The molecule has 0 aliphatic rings. The van der Waals surface area contributed by atoms with Crippen LogP contribution in [0.1, 0.15) is 37.8 Å². The second-order valence-corrected chi connectivity index (χ2v) is 5.15. The van der Waals surface area contributed by atoms with Crippen molar-refractivity contribution in [2.24, 2.45) is 5.73 Å². The molecule has 0 saturated carbocycles. The summed E-state index contributed by atoms with van der Waals surface area (Å²) in [6, 6.07) is 4.77. The van der Waals surface area contributed by atoms with Crippen molar-refractivity contribution in [3.8, 4) is 0 Å². The smallest absolute Gasteiger partial charge is 0.306 e. The SMILES string of the molecule is CCC(N)C(C)(CC(=O)OC)c1ccc(C)c(F)c1. The van der Waals surface area contributed by atoms with Gasteiger partial charge in [-0.15, -0.1) is 0 Å². The fourth-order valence-corrected chi connectivity index (χ4v) is 2.22. The van der Waals surface area contributed by atoms with Crippen LogP contribution in [0.3, 0.4) is 0 Å². The van der Waals surface area contributed by atoms with Crippen LogP contribution in [0.25, 0.3) is 0 Å². The van der Waals surface area contributed by atoms with Crippen molar-refractivity contribution in [2.45, 2.75) is 45.1 Å². The first kappa shape index (κ1) is 15.6. The van der Waals surface area contributed by atoms with Gasteiger partial charge in [0.05, 0.1) is 13.5 Å². The van der Waals surface area contributed by atoms with E-state index in [1.807, 2.05) is 19.9 Å². The third-order valence-corrected chi connectivity index (χ3v) is 3.83. The van der Waals surface area contributed by atoms with Crippen LogP contribution in [-0.4, -0.2) is 19.1 Å². The highest BCUT2D eigenvalue weighted by molar-refractivity contribution is 5.71. The molecule has 19 heavy (non-hydrogen) atoms. The Labute approximate surface area is 113 Å². The van der Waals surface area contributed by atoms with Gasteiger partial charge in [-0.1, -0.05) is 26.0 Å². The lowest BCUT2D eigenvalue weighted by Gasteiger charge is -2.35. The fourth-order valence-electron chi connectivity index (χ4n) is 2.22. The number of carbonyl (C=O) groups is 1. The number of esters is 1. The molecule has 2 unspecified atom stereocenters. The Balaban J connectivity index is 3.22. The van der Waals surface area contributed by atoms with E-state index in [-0.39, 0.29) is 24.2 Å². The van der Waals surface area contributed by atoms with E-state index in [2.05, 4.69) is 0 Å². The van der Waals surface area contributed by atoms with E-state index >= 15 is 0 Å². The predicted octanol–water partition coefficient (Wildman–Crippen LogP) is 2.69. The van der Waals surface area contributed by atoms with Gasteiger partial charge in [-0.2, -0.15) is 0 Å². The zero-order chi connectivity index (χ0) is 14.6. The molecule has 0 aliphatic heterocycles. The van der Waals surface area contributed by atoms with Crippen LogP contribution in [-0.2, 0) is 14.9 Å². The molecule has 1 aromatic rings. The Morgan fingerprint density at radius 1 is 1.53 bits per heavy atom. The molecule has 0 aromatic heterocycles. The lowest BCUT2D eigenvalue weighted by Crippen LogP contribution is -2.44. The molecule has 1 rings (SSSR count). The number of halogens is 1. The molecule has 0 fully saturated rings. The number of ether oxygens (including phenoxy) is 1. The minimum Gasteiger partial charge on any atom is -0.469 e. The van der Waals surface area contributed by atoms with E-state index in [0.717, 1.165) is 5.56 Å². The van der Waals surface area contributed by atoms with E-state index in [1.165, 1.54) is 13.2 Å². The normalized spacial score (nSPS) is 15.7. The second-order valence-electron chi connectivity index (χ2n) is 5.15. The topological polar surface area (TPSA) is 52.3 Å². The quantitative estimate of drug-likeness (QED) is 0.834. The van der Waals surface area contributed by atoms with Crippen LogP contribution < -0.4 is 5.73 Å². The summed E-state index contributed by atoms with van der Waals surface area (Å²) in [5, 5.41) is 0. The Hall–Kier alpha value is -1.42. The van der Waals surface area contributed by atoms with Gasteiger partial charge in [0.1, 0.15) is 5.82 Å². The van der Waals surface area contributed by atoms with Crippen LogP contribution >= 0.6 is 0 Å². The van der Waals surface area contributed by atoms with Gasteiger partial charge in [0.2, 0.25) is 0 Å². The van der Waals surface area contributed by atoms with Crippen molar-refractivity contribution >= 4 is 5.97 Å². The van der Waals surface area contributed by atoms with Crippen LogP contribution in [0.4, 0.5) is 4.39 Å². The summed E-state index contributed by atoms with van der Waals surface area (Å²) in [5.74, 6) is -0.621. The summed E-state index contributed by atoms with van der Waals surface area (Å²) in [6.07, 6.45) is 0.837. The highest BCUT2D eigenvalue weighted by atomic mass is 19.1. The number of rotatable bonds is 5. The Morgan fingerprint density at radius 3 is 2.63 bits per heavy atom. The molecule has 4 heteroatoms. The van der Waals surface area contributed by atoms with Gasteiger partial charge in [0.15, 0.2) is 0 Å². The maximum Gasteiger partial charge on any atom is 0.306 e. The van der Waals surface area contributed by atoms with Crippen LogP contribution in [0.15, 0.2) is 18.2 Å². The van der Waals surface area contributed by atoms with Crippen LogP contribution in [0.2, 0.25) is 0 Å². The lowest BCUT2D eigenvalue weighted by molar-refractivity contribution is -0.142. The Morgan fingerprint density at radius 2 is 2.16 bits per heavy atom. The first-order chi connectivity index (χ1) is 8.85. The molecule has 2 atom stereocenters. The van der Waals surface area contributed by atoms with Crippen molar-refractivity contribution in [1.29, 1.82) is 0 Å². The van der Waals surface area contributed by atoms with E-state index in [9.17, 15) is 9.18 Å². The highest BCUT2D eigenvalue weighted by Gasteiger charge is 2.36. The number of methoxy groups -OCH3 is 1. The van der Waals surface area contributed by atoms with Crippen molar-refractivity contribution in [3.05, 3.63) is 35.1 Å². The average Bonchev–Trinajstić information content (AvgIpc) is 2.40. The lowest BCUT2D eigenvalue weighted by atomic mass is 9.72. The van der Waals surface area contributed by atoms with Gasteiger partial charge in [0.25, 0.3) is 0 Å². The number of carbonyl (C=O) groups excluding carboxylic acids is 1. The molecule has 0 saturated heterocycles. The zero-order valence-corrected chi connectivity index (χ0v) is 12.0. The largest absolute Gasteiger partial charge is 0.469 e. The summed E-state index contributed by atoms with van der Waals surface area (Å²) in [7, 11) is 1.34. The van der Waals surface area contributed by atoms with E-state index in [0.29, 0.717) is 12.0 Å². The van der Waals surface area contributed by atoms with Gasteiger partial charge in [-0.25, -0.2) is 4.39 Å². The van der Waals surface area contributed by atoms with Crippen LogP contribution in [0.5, 0.6) is 0 Å². The molecule has 106 valence electrons. The van der Waals surface area contributed by atoms with Crippen molar-refractivity contribution in [1.82, 2.24) is 0 Å². The fraction of sp³-hybridized carbons (Fsp3) is 0.533. The molecule has 0 spiro atoms. The van der Waals surface area contributed by atoms with Gasteiger partial charge < -0.3 is 10.5 Å². The van der Waals surface area contributed by atoms with Crippen molar-refractivity contribution in [3.63, 3.8) is 0 Å². The molecule has 0 heterocycles. The zero-order valence-electron chi connectivity index (χ0n) is 12.0. The number of nitrogens with two attached hydrogens (primary N) is 1. The summed E-state index contributed by atoms with van der Waals surface area (Å²) in [6.45, 7) is 5.53. The molecule has 0 aliphatic carbocycles. The number of hydrogen-bond donors (Lipinski definition) is 1. The van der Waals surface area contributed by atoms with Gasteiger partial charge in [-0.3, -0.25) is 4.79 Å². The van der Waals surface area contributed by atoms with E-state index in [1.54, 1.807) is 13.0 Å². The molecule has 0 radical (unpaired) electrons. The maximum absolute atomic E-state index is 13.7. The predicted molar refractivity (Wildman–Crippen MR) is 73.4 cm³/mol. The van der Waals surface area contributed by atoms with E-state index in [4.69, 9.17) is 10.5 Å². The summed E-state index contributed by atoms with van der Waals surface area (Å²) < 4.78 is 18.5. The van der Waals surface area contributed by atoms with Crippen LogP contribution in [0, 0.1) is 12.7 Å². The summed E-state index contributed by atoms with van der Waals surface area (Å²) in [4.78, 5) is 11.6. The van der Waals surface area contributed by atoms with Gasteiger partial charge in [-0.05, 0) is 30.5 Å². The van der Waals surface area contributed by atoms with Gasteiger partial charge in [0, 0.05) is 11.5 Å². The molecular weight excluding hydrogens is 245 g/mol. The van der Waals surface area contributed by atoms with E-state index < -0.39 is 5.41 Å². The minimum absolute atomic E-state index is 0.140. The molecule has 1 aromatic carbocycles. The third-order valence-electron chi connectivity index (χ3n) is 3.83. The standard InChI is InChI=1S/C15H22FNO2/c1-5-13(17)15(3,9-14(18)19-4)11-7-6-10(2)12(16)8-11/h6-8,13H,5,9,17H2,1-4H3. The second kappa shape index (κ2) is 6.15. The summed E-state index contributed by atoms with van der Waals surface area (Å²) in [5.41, 5.74) is 6.83. The maximum atomic E-state index is 13.7.